The topological polar surface area (TPSA) is 50.4 Å². The van der Waals surface area contributed by atoms with Gasteiger partial charge < -0.3 is 15.4 Å². The zero-order valence-electron chi connectivity index (χ0n) is 14.5. The van der Waals surface area contributed by atoms with Crippen LogP contribution in [-0.4, -0.2) is 31.3 Å². The number of piperidine rings is 1. The third-order valence-corrected chi connectivity index (χ3v) is 4.36. The summed E-state index contributed by atoms with van der Waals surface area (Å²) in [5.74, 6) is 2.00. The first-order chi connectivity index (χ1) is 9.81. The maximum Gasteiger partial charge on any atom is 0.407 e. The van der Waals surface area contributed by atoms with Gasteiger partial charge in [-0.25, -0.2) is 4.79 Å². The molecule has 0 aromatic rings. The van der Waals surface area contributed by atoms with Crippen LogP contribution in [0.3, 0.4) is 0 Å². The summed E-state index contributed by atoms with van der Waals surface area (Å²) in [6, 6.07) is 0. The molecule has 0 bridgehead atoms. The van der Waals surface area contributed by atoms with Crippen LogP contribution in [-0.2, 0) is 4.74 Å². The Kier molecular flexibility index (Phi) is 7.50. The molecule has 4 heteroatoms. The van der Waals surface area contributed by atoms with E-state index in [1.807, 2.05) is 20.8 Å². The average Bonchev–Trinajstić information content (AvgIpc) is 2.42. The molecule has 1 rings (SSSR count). The van der Waals surface area contributed by atoms with E-state index in [1.54, 1.807) is 0 Å². The molecule has 1 fully saturated rings. The molecule has 0 aromatic heterocycles. The van der Waals surface area contributed by atoms with Gasteiger partial charge in [0.1, 0.15) is 5.60 Å². The first kappa shape index (κ1) is 18.3. The Morgan fingerprint density at radius 3 is 2.48 bits per heavy atom. The van der Waals surface area contributed by atoms with Crippen molar-refractivity contribution in [1.29, 1.82) is 0 Å². The molecule has 0 aromatic carbocycles. The second-order valence-corrected chi connectivity index (χ2v) is 7.48. The third-order valence-electron chi connectivity index (χ3n) is 4.36. The van der Waals surface area contributed by atoms with E-state index in [1.165, 1.54) is 25.7 Å². The molecule has 2 atom stereocenters. The Labute approximate surface area is 130 Å². The van der Waals surface area contributed by atoms with Crippen molar-refractivity contribution < 1.29 is 9.53 Å². The van der Waals surface area contributed by atoms with Crippen LogP contribution in [0.15, 0.2) is 0 Å². The van der Waals surface area contributed by atoms with Crippen LogP contribution in [0.1, 0.15) is 60.3 Å². The Balaban J connectivity index is 2.49. The number of alkyl carbamates (subject to hydrolysis) is 1. The maximum atomic E-state index is 11.9. The average molecular weight is 298 g/mol. The van der Waals surface area contributed by atoms with Crippen molar-refractivity contribution in [2.75, 3.05) is 19.6 Å². The van der Waals surface area contributed by atoms with E-state index in [2.05, 4.69) is 24.5 Å². The highest BCUT2D eigenvalue weighted by molar-refractivity contribution is 5.67. The number of ether oxygens (including phenoxy) is 1. The van der Waals surface area contributed by atoms with Crippen molar-refractivity contribution in [3.05, 3.63) is 0 Å². The van der Waals surface area contributed by atoms with Gasteiger partial charge in [0.05, 0.1) is 0 Å². The lowest BCUT2D eigenvalue weighted by Gasteiger charge is -2.32. The van der Waals surface area contributed by atoms with Crippen LogP contribution in [0.25, 0.3) is 0 Å². The fraction of sp³-hybridized carbons (Fsp3) is 0.941. The van der Waals surface area contributed by atoms with E-state index in [9.17, 15) is 4.79 Å². The highest BCUT2D eigenvalue weighted by Crippen LogP contribution is 2.28. The van der Waals surface area contributed by atoms with Crippen molar-refractivity contribution in [2.24, 2.45) is 17.8 Å². The lowest BCUT2D eigenvalue weighted by molar-refractivity contribution is 0.0505. The standard InChI is InChI=1S/C17H34N2O2/c1-6-13(2)11-15(14-7-9-18-10-8-14)12-19-16(20)21-17(3,4)5/h13-15,18H,6-12H2,1-5H3,(H,19,20)/t13-,15+/m1/s1. The van der Waals surface area contributed by atoms with Gasteiger partial charge in [-0.2, -0.15) is 0 Å². The Morgan fingerprint density at radius 2 is 1.95 bits per heavy atom. The lowest BCUT2D eigenvalue weighted by atomic mass is 9.79. The molecule has 1 heterocycles. The third kappa shape index (κ3) is 7.70. The Hall–Kier alpha value is -0.770. The van der Waals surface area contributed by atoms with E-state index in [-0.39, 0.29) is 6.09 Å². The maximum absolute atomic E-state index is 11.9. The Morgan fingerprint density at radius 1 is 1.33 bits per heavy atom. The predicted octanol–water partition coefficient (Wildman–Crippen LogP) is 3.56. The number of carbonyl (C=O) groups is 1. The number of hydrogen-bond donors (Lipinski definition) is 2. The van der Waals surface area contributed by atoms with Gasteiger partial charge in [0.15, 0.2) is 0 Å². The summed E-state index contributed by atoms with van der Waals surface area (Å²) in [5.41, 5.74) is -0.426. The van der Waals surface area contributed by atoms with E-state index < -0.39 is 5.60 Å². The second kappa shape index (κ2) is 8.62. The largest absolute Gasteiger partial charge is 0.444 e. The molecule has 1 aliphatic heterocycles. The van der Waals surface area contributed by atoms with Gasteiger partial charge in [0.25, 0.3) is 0 Å². The summed E-state index contributed by atoms with van der Waals surface area (Å²) in [6.45, 7) is 13.2. The van der Waals surface area contributed by atoms with Gasteiger partial charge in [-0.05, 0) is 70.9 Å². The molecule has 0 aliphatic carbocycles. The summed E-state index contributed by atoms with van der Waals surface area (Å²) in [6.07, 6.45) is 4.55. The van der Waals surface area contributed by atoms with Gasteiger partial charge in [0, 0.05) is 6.54 Å². The smallest absolute Gasteiger partial charge is 0.407 e. The summed E-state index contributed by atoms with van der Waals surface area (Å²) < 4.78 is 5.34. The predicted molar refractivity (Wildman–Crippen MR) is 87.4 cm³/mol. The van der Waals surface area contributed by atoms with Crippen molar-refractivity contribution in [3.63, 3.8) is 0 Å². The van der Waals surface area contributed by atoms with Crippen molar-refractivity contribution >= 4 is 6.09 Å². The monoisotopic (exact) mass is 298 g/mol. The van der Waals surface area contributed by atoms with E-state index in [0.717, 1.165) is 25.6 Å². The number of rotatable bonds is 6. The van der Waals surface area contributed by atoms with Gasteiger partial charge in [-0.1, -0.05) is 20.3 Å². The molecule has 21 heavy (non-hydrogen) atoms. The van der Waals surface area contributed by atoms with Crippen molar-refractivity contribution in [3.8, 4) is 0 Å². The molecular formula is C17H34N2O2. The minimum atomic E-state index is -0.426. The number of amides is 1. The molecule has 0 spiro atoms. The molecule has 2 N–H and O–H groups in total. The zero-order valence-corrected chi connectivity index (χ0v) is 14.5. The van der Waals surface area contributed by atoms with Gasteiger partial charge in [0.2, 0.25) is 0 Å². The lowest BCUT2D eigenvalue weighted by Crippen LogP contribution is -2.40. The summed E-state index contributed by atoms with van der Waals surface area (Å²) in [5, 5.41) is 6.41. The minimum Gasteiger partial charge on any atom is -0.444 e. The Bertz CT molecular complexity index is 306. The summed E-state index contributed by atoms with van der Waals surface area (Å²) in [4.78, 5) is 11.9. The molecule has 1 saturated heterocycles. The molecular weight excluding hydrogens is 264 g/mol. The van der Waals surface area contributed by atoms with E-state index in [4.69, 9.17) is 4.74 Å². The van der Waals surface area contributed by atoms with Crippen molar-refractivity contribution in [2.45, 2.75) is 65.9 Å². The molecule has 1 aliphatic rings. The van der Waals surface area contributed by atoms with E-state index in [0.29, 0.717) is 11.8 Å². The number of hydrogen-bond acceptors (Lipinski definition) is 3. The molecule has 0 saturated carbocycles. The zero-order chi connectivity index (χ0) is 15.9. The van der Waals surface area contributed by atoms with Gasteiger partial charge in [-0.3, -0.25) is 0 Å². The van der Waals surface area contributed by atoms with Crippen molar-refractivity contribution in [1.82, 2.24) is 10.6 Å². The number of carbonyl (C=O) groups excluding carboxylic acids is 1. The second-order valence-electron chi connectivity index (χ2n) is 7.48. The fourth-order valence-corrected chi connectivity index (χ4v) is 2.97. The van der Waals surface area contributed by atoms with Crippen LogP contribution < -0.4 is 10.6 Å². The molecule has 124 valence electrons. The molecule has 0 unspecified atom stereocenters. The number of nitrogens with one attached hydrogen (secondary N) is 2. The normalized spacial score (nSPS) is 19.9. The minimum absolute atomic E-state index is 0.286. The summed E-state index contributed by atoms with van der Waals surface area (Å²) in [7, 11) is 0. The molecule has 1 amide bonds. The van der Waals surface area contributed by atoms with Crippen LogP contribution >= 0.6 is 0 Å². The molecule has 0 radical (unpaired) electrons. The summed E-state index contributed by atoms with van der Waals surface area (Å²) >= 11 is 0. The quantitative estimate of drug-likeness (QED) is 0.788. The van der Waals surface area contributed by atoms with Gasteiger partial charge >= 0.3 is 6.09 Å². The van der Waals surface area contributed by atoms with E-state index >= 15 is 0 Å². The van der Waals surface area contributed by atoms with Crippen LogP contribution in [0, 0.1) is 17.8 Å². The highest BCUT2D eigenvalue weighted by Gasteiger charge is 2.26. The highest BCUT2D eigenvalue weighted by atomic mass is 16.6. The molecule has 4 nitrogen and oxygen atoms in total. The fourth-order valence-electron chi connectivity index (χ4n) is 2.97. The van der Waals surface area contributed by atoms with Crippen LogP contribution in [0.2, 0.25) is 0 Å². The first-order valence-corrected chi connectivity index (χ1v) is 8.49. The van der Waals surface area contributed by atoms with Gasteiger partial charge in [-0.15, -0.1) is 0 Å². The van der Waals surface area contributed by atoms with Crippen LogP contribution in [0.4, 0.5) is 4.79 Å². The van der Waals surface area contributed by atoms with Crippen LogP contribution in [0.5, 0.6) is 0 Å². The SMILES string of the molecule is CC[C@@H](C)C[C@@H](CNC(=O)OC(C)(C)C)C1CCNCC1. The first-order valence-electron chi connectivity index (χ1n) is 8.49.